The highest BCUT2D eigenvalue weighted by atomic mass is 35.5. The van der Waals surface area contributed by atoms with Crippen LogP contribution in [-0.4, -0.2) is 22.9 Å². The second-order valence-electron chi connectivity index (χ2n) is 3.82. The van der Waals surface area contributed by atoms with E-state index in [4.69, 9.17) is 11.6 Å². The molecule has 0 aliphatic heterocycles. The molecule has 0 spiro atoms. The Labute approximate surface area is 116 Å². The fourth-order valence-corrected chi connectivity index (χ4v) is 1.70. The Bertz CT molecular complexity index is 574. The van der Waals surface area contributed by atoms with Gasteiger partial charge in [-0.15, -0.1) is 0 Å². The van der Waals surface area contributed by atoms with Gasteiger partial charge in [0, 0.05) is 26.0 Å². The van der Waals surface area contributed by atoms with Gasteiger partial charge >= 0.3 is 0 Å². The molecule has 0 saturated heterocycles. The minimum absolute atomic E-state index is 0.206. The molecule has 0 unspecified atom stereocenters. The molecular formula is C13H13ClN4O. The number of carbonyl (C=O) groups excluding carboxylic acids is 1. The first-order valence-electron chi connectivity index (χ1n) is 5.72. The average Bonchev–Trinajstić information content (AvgIpc) is 2.46. The number of nitrogens with one attached hydrogen (secondary N) is 2. The number of hydrogen-bond acceptors (Lipinski definition) is 4. The standard InChI is InChI=1S/C13H13ClN4O/c1-15-11-5-4-10(14)12(18-11)13(19)17-8-9-3-2-6-16-7-9/h2-7H,8H2,1H3,(H,15,18)(H,17,19). The summed E-state index contributed by atoms with van der Waals surface area (Å²) in [4.78, 5) is 20.1. The molecule has 1 amide bonds. The van der Waals surface area contributed by atoms with Crippen molar-refractivity contribution >= 4 is 23.3 Å². The first-order chi connectivity index (χ1) is 9.20. The third-order valence-corrected chi connectivity index (χ3v) is 2.80. The number of nitrogens with zero attached hydrogens (tertiary/aromatic N) is 2. The number of rotatable bonds is 4. The minimum Gasteiger partial charge on any atom is -0.373 e. The van der Waals surface area contributed by atoms with Crippen molar-refractivity contribution in [1.29, 1.82) is 0 Å². The first kappa shape index (κ1) is 13.3. The number of hydrogen-bond donors (Lipinski definition) is 2. The fourth-order valence-electron chi connectivity index (χ4n) is 1.51. The maximum Gasteiger partial charge on any atom is 0.271 e. The fraction of sp³-hybridized carbons (Fsp3) is 0.154. The molecule has 19 heavy (non-hydrogen) atoms. The summed E-state index contributed by atoms with van der Waals surface area (Å²) in [7, 11) is 1.73. The molecule has 0 aliphatic carbocycles. The van der Waals surface area contributed by atoms with Crippen molar-refractivity contribution in [3.05, 3.63) is 52.9 Å². The molecule has 0 saturated carbocycles. The zero-order valence-corrected chi connectivity index (χ0v) is 11.1. The molecule has 2 aromatic heterocycles. The monoisotopic (exact) mass is 276 g/mol. The molecule has 98 valence electrons. The molecule has 6 heteroatoms. The number of amides is 1. The Morgan fingerprint density at radius 1 is 1.37 bits per heavy atom. The van der Waals surface area contributed by atoms with Crippen molar-refractivity contribution in [2.75, 3.05) is 12.4 Å². The van der Waals surface area contributed by atoms with Gasteiger partial charge in [-0.05, 0) is 23.8 Å². The third kappa shape index (κ3) is 3.42. The molecular weight excluding hydrogens is 264 g/mol. The quantitative estimate of drug-likeness (QED) is 0.897. The number of halogens is 1. The molecule has 2 rings (SSSR count). The van der Waals surface area contributed by atoms with Gasteiger partial charge in [0.25, 0.3) is 5.91 Å². The van der Waals surface area contributed by atoms with E-state index in [1.54, 1.807) is 31.6 Å². The lowest BCUT2D eigenvalue weighted by Gasteiger charge is -2.07. The van der Waals surface area contributed by atoms with Crippen LogP contribution in [0.3, 0.4) is 0 Å². The Balaban J connectivity index is 2.08. The van der Waals surface area contributed by atoms with Gasteiger partial charge < -0.3 is 10.6 Å². The molecule has 5 nitrogen and oxygen atoms in total. The van der Waals surface area contributed by atoms with E-state index in [-0.39, 0.29) is 11.6 Å². The van der Waals surface area contributed by atoms with Gasteiger partial charge in [0.1, 0.15) is 11.5 Å². The second-order valence-corrected chi connectivity index (χ2v) is 4.23. The van der Waals surface area contributed by atoms with Gasteiger partial charge in [-0.25, -0.2) is 4.98 Å². The van der Waals surface area contributed by atoms with E-state index in [0.29, 0.717) is 17.4 Å². The molecule has 0 bridgehead atoms. The Kier molecular flexibility index (Phi) is 4.30. The van der Waals surface area contributed by atoms with Gasteiger partial charge in [-0.2, -0.15) is 0 Å². The van der Waals surface area contributed by atoms with E-state index in [0.717, 1.165) is 5.56 Å². The van der Waals surface area contributed by atoms with Crippen molar-refractivity contribution in [2.45, 2.75) is 6.54 Å². The van der Waals surface area contributed by atoms with Crippen molar-refractivity contribution < 1.29 is 4.79 Å². The van der Waals surface area contributed by atoms with Crippen LogP contribution in [0.4, 0.5) is 5.82 Å². The van der Waals surface area contributed by atoms with Gasteiger partial charge in [0.05, 0.1) is 5.02 Å². The van der Waals surface area contributed by atoms with Gasteiger partial charge in [0.2, 0.25) is 0 Å². The highest BCUT2D eigenvalue weighted by Gasteiger charge is 2.12. The van der Waals surface area contributed by atoms with Crippen LogP contribution >= 0.6 is 11.6 Å². The van der Waals surface area contributed by atoms with Crippen LogP contribution in [0.25, 0.3) is 0 Å². The van der Waals surface area contributed by atoms with E-state index in [2.05, 4.69) is 20.6 Å². The van der Waals surface area contributed by atoms with Crippen LogP contribution in [0.5, 0.6) is 0 Å². The number of pyridine rings is 2. The van der Waals surface area contributed by atoms with Crippen molar-refractivity contribution in [3.8, 4) is 0 Å². The van der Waals surface area contributed by atoms with Crippen molar-refractivity contribution in [1.82, 2.24) is 15.3 Å². The Morgan fingerprint density at radius 2 is 2.21 bits per heavy atom. The van der Waals surface area contributed by atoms with E-state index in [1.165, 1.54) is 0 Å². The van der Waals surface area contributed by atoms with Gasteiger partial charge in [0.15, 0.2) is 0 Å². The van der Waals surface area contributed by atoms with Crippen molar-refractivity contribution in [2.24, 2.45) is 0 Å². The lowest BCUT2D eigenvalue weighted by atomic mass is 10.2. The van der Waals surface area contributed by atoms with E-state index in [9.17, 15) is 4.79 Å². The van der Waals surface area contributed by atoms with E-state index in [1.807, 2.05) is 12.1 Å². The summed E-state index contributed by atoms with van der Waals surface area (Å²) in [5.74, 6) is 0.280. The summed E-state index contributed by atoms with van der Waals surface area (Å²) in [6, 6.07) is 7.04. The maximum atomic E-state index is 12.0. The molecule has 0 fully saturated rings. The summed E-state index contributed by atoms with van der Waals surface area (Å²) in [5, 5.41) is 5.94. The maximum absolute atomic E-state index is 12.0. The molecule has 2 aromatic rings. The van der Waals surface area contributed by atoms with Crippen LogP contribution in [-0.2, 0) is 6.54 Å². The van der Waals surface area contributed by atoms with Gasteiger partial charge in [-0.3, -0.25) is 9.78 Å². The molecule has 0 aromatic carbocycles. The number of carbonyl (C=O) groups is 1. The zero-order valence-electron chi connectivity index (χ0n) is 10.4. The van der Waals surface area contributed by atoms with Crippen LogP contribution in [0.1, 0.15) is 16.1 Å². The molecule has 0 radical (unpaired) electrons. The SMILES string of the molecule is CNc1ccc(Cl)c(C(=O)NCc2cccnc2)n1. The molecule has 0 aliphatic rings. The van der Waals surface area contributed by atoms with Crippen LogP contribution in [0.2, 0.25) is 5.02 Å². The normalized spacial score (nSPS) is 10.0. The minimum atomic E-state index is -0.314. The highest BCUT2D eigenvalue weighted by molar-refractivity contribution is 6.33. The predicted molar refractivity (Wildman–Crippen MR) is 74.2 cm³/mol. The lowest BCUT2D eigenvalue weighted by molar-refractivity contribution is 0.0946. The first-order valence-corrected chi connectivity index (χ1v) is 6.10. The number of anilines is 1. The summed E-state index contributed by atoms with van der Waals surface area (Å²) in [6.45, 7) is 0.383. The van der Waals surface area contributed by atoms with Gasteiger partial charge in [-0.1, -0.05) is 17.7 Å². The van der Waals surface area contributed by atoms with E-state index >= 15 is 0 Å². The lowest BCUT2D eigenvalue weighted by Crippen LogP contribution is -2.24. The molecule has 2 heterocycles. The van der Waals surface area contributed by atoms with Crippen LogP contribution in [0, 0.1) is 0 Å². The van der Waals surface area contributed by atoms with E-state index < -0.39 is 0 Å². The second kappa shape index (κ2) is 6.15. The van der Waals surface area contributed by atoms with Crippen LogP contribution in [0.15, 0.2) is 36.7 Å². The zero-order chi connectivity index (χ0) is 13.7. The third-order valence-electron chi connectivity index (χ3n) is 2.49. The number of aromatic nitrogens is 2. The largest absolute Gasteiger partial charge is 0.373 e. The Hall–Kier alpha value is -2.14. The molecule has 0 atom stereocenters. The Morgan fingerprint density at radius 3 is 2.89 bits per heavy atom. The molecule has 2 N–H and O–H groups in total. The summed E-state index contributed by atoms with van der Waals surface area (Å²) in [5.41, 5.74) is 1.12. The topological polar surface area (TPSA) is 66.9 Å². The summed E-state index contributed by atoms with van der Waals surface area (Å²) >= 11 is 5.97. The average molecular weight is 277 g/mol. The van der Waals surface area contributed by atoms with Crippen LogP contribution < -0.4 is 10.6 Å². The summed E-state index contributed by atoms with van der Waals surface area (Å²) < 4.78 is 0. The summed E-state index contributed by atoms with van der Waals surface area (Å²) in [6.07, 6.45) is 3.37. The smallest absolute Gasteiger partial charge is 0.271 e. The highest BCUT2D eigenvalue weighted by Crippen LogP contribution is 2.16. The predicted octanol–water partition coefficient (Wildman–Crippen LogP) is 2.10. The van der Waals surface area contributed by atoms with Crippen molar-refractivity contribution in [3.63, 3.8) is 0 Å².